The maximum atomic E-state index is 9.44. The van der Waals surface area contributed by atoms with Crippen molar-refractivity contribution in [1.82, 2.24) is 0 Å². The van der Waals surface area contributed by atoms with Crippen LogP contribution in [0.25, 0.3) is 0 Å². The summed E-state index contributed by atoms with van der Waals surface area (Å²) < 4.78 is 0. The van der Waals surface area contributed by atoms with Crippen molar-refractivity contribution in [3.8, 4) is 0 Å². The Bertz CT molecular complexity index is 159. The van der Waals surface area contributed by atoms with Crippen LogP contribution < -0.4 is 0 Å². The molecule has 0 saturated carbocycles. The minimum atomic E-state index is 0. The minimum absolute atomic E-state index is 0. The van der Waals surface area contributed by atoms with Crippen molar-refractivity contribution < 1.29 is 40.9 Å². The number of ketones is 4. The number of carbonyl (C=O) groups excluding carboxylic acids is 4. The molecule has 0 rings (SSSR count). The molecule has 0 amide bonds. The molecule has 0 aromatic heterocycles. The van der Waals surface area contributed by atoms with E-state index in [1.165, 1.54) is 55.4 Å². The van der Waals surface area contributed by atoms with Gasteiger partial charge in [-0.3, -0.25) is 0 Å². The molecule has 4 nitrogen and oxygen atoms in total. The molecule has 0 saturated heterocycles. The van der Waals surface area contributed by atoms with Crippen LogP contribution in [-0.4, -0.2) is 23.1 Å². The van der Waals surface area contributed by atoms with E-state index in [1.54, 1.807) is 0 Å². The van der Waals surface area contributed by atoms with Gasteiger partial charge in [0.05, 0.1) is 0 Å². The maximum Gasteiger partial charge on any atom is 0.126 e. The molecule has 0 fully saturated rings. The third-order valence-electron chi connectivity index (χ3n) is 0. The summed E-state index contributed by atoms with van der Waals surface area (Å²) in [5, 5.41) is 0. The monoisotopic (exact) mass is 280 g/mol. The van der Waals surface area contributed by atoms with Gasteiger partial charge < -0.3 is 19.2 Å². The van der Waals surface area contributed by atoms with E-state index in [2.05, 4.69) is 0 Å². The smallest absolute Gasteiger partial charge is 0.126 e. The third kappa shape index (κ3) is 7530. The zero-order valence-electron chi connectivity index (χ0n) is 12.1. The molecule has 5 heteroatoms. The molecule has 0 radical (unpaired) electrons. The fourth-order valence-corrected chi connectivity index (χ4v) is 0. The molecule has 0 aliphatic heterocycles. The van der Waals surface area contributed by atoms with Gasteiger partial charge in [-0.2, -0.15) is 0 Å². The quantitative estimate of drug-likeness (QED) is 0.639. The van der Waals surface area contributed by atoms with Gasteiger partial charge in [-0.15, -0.1) is 0 Å². The summed E-state index contributed by atoms with van der Waals surface area (Å²) in [7, 11) is 0. The Balaban J connectivity index is -0.0000000369. The molecule has 0 aromatic rings. The van der Waals surface area contributed by atoms with E-state index < -0.39 is 0 Å². The number of Topliss-reactive ketones (excluding diaryl/α,β-unsaturated/α-hetero) is 4. The van der Waals surface area contributed by atoms with E-state index in [4.69, 9.17) is 0 Å². The first kappa shape index (κ1) is 29.9. The van der Waals surface area contributed by atoms with E-state index in [1.807, 2.05) is 0 Å². The Kier molecular flexibility index (Phi) is 43.2. The van der Waals surface area contributed by atoms with Gasteiger partial charge in [0, 0.05) is 21.7 Å². The molecule has 0 aromatic carbocycles. The molecule has 0 heterocycles. The Hall–Kier alpha value is -0.606. The number of carbonyl (C=O) groups is 4. The van der Waals surface area contributed by atoms with Gasteiger partial charge in [0.2, 0.25) is 0 Å². The van der Waals surface area contributed by atoms with E-state index in [9.17, 15) is 19.2 Å². The Morgan fingerprint density at radius 3 is 0.412 bits per heavy atom. The fraction of sp³-hybridized carbons (Fsp3) is 0.667. The van der Waals surface area contributed by atoms with Crippen molar-refractivity contribution in [2.45, 2.75) is 55.4 Å². The Morgan fingerprint density at radius 2 is 0.412 bits per heavy atom. The van der Waals surface area contributed by atoms with Crippen LogP contribution in [0, 0.1) is 0 Å². The van der Waals surface area contributed by atoms with Crippen LogP contribution in [0.4, 0.5) is 0 Å². The zero-order valence-corrected chi connectivity index (χ0v) is 13.7. The van der Waals surface area contributed by atoms with Crippen LogP contribution in [0.15, 0.2) is 0 Å². The normalized spacial score (nSPS) is 6.12. The second-order valence-electron chi connectivity index (χ2n) is 3.63. The Labute approximate surface area is 119 Å². The largest absolute Gasteiger partial charge is 0.300 e. The van der Waals surface area contributed by atoms with Crippen molar-refractivity contribution in [3.63, 3.8) is 0 Å². The minimum Gasteiger partial charge on any atom is -0.300 e. The molecule has 0 N–H and O–H groups in total. The predicted octanol–water partition coefficient (Wildman–Crippen LogP) is 2.38. The first-order valence-corrected chi connectivity index (χ1v) is 4.82. The van der Waals surface area contributed by atoms with Crippen LogP contribution in [0.5, 0.6) is 0 Å². The molecule has 17 heavy (non-hydrogen) atoms. The van der Waals surface area contributed by atoms with Gasteiger partial charge in [-0.05, 0) is 55.4 Å². The summed E-state index contributed by atoms with van der Waals surface area (Å²) in [6.07, 6.45) is 0. The van der Waals surface area contributed by atoms with Crippen LogP contribution in [0.1, 0.15) is 55.4 Å². The van der Waals surface area contributed by atoms with Gasteiger partial charge in [0.15, 0.2) is 0 Å². The average molecular weight is 280 g/mol. The van der Waals surface area contributed by atoms with Gasteiger partial charge in [0.1, 0.15) is 23.1 Å². The second-order valence-corrected chi connectivity index (χ2v) is 3.63. The molecule has 0 aliphatic rings. The van der Waals surface area contributed by atoms with Crippen LogP contribution in [0.3, 0.4) is 0 Å². The van der Waals surface area contributed by atoms with Crippen molar-refractivity contribution in [3.05, 3.63) is 0 Å². The molecule has 0 bridgehead atoms. The van der Waals surface area contributed by atoms with Crippen molar-refractivity contribution in [2.75, 3.05) is 0 Å². The van der Waals surface area contributed by atoms with E-state index in [0.717, 1.165) is 0 Å². The molecule has 0 aliphatic carbocycles. The average Bonchev–Trinajstić information content (AvgIpc) is 1.76. The van der Waals surface area contributed by atoms with Crippen molar-refractivity contribution in [2.24, 2.45) is 0 Å². The van der Waals surface area contributed by atoms with Crippen molar-refractivity contribution >= 4 is 23.1 Å². The van der Waals surface area contributed by atoms with E-state index >= 15 is 0 Å². The summed E-state index contributed by atoms with van der Waals surface area (Å²) in [6.45, 7) is 12.2. The molecule has 0 unspecified atom stereocenters. The van der Waals surface area contributed by atoms with Gasteiger partial charge in [-0.25, -0.2) is 0 Å². The summed E-state index contributed by atoms with van der Waals surface area (Å²) in [4.78, 5) is 37.8. The molecular weight excluding hydrogens is 256 g/mol. The van der Waals surface area contributed by atoms with Gasteiger partial charge in [-0.1, -0.05) is 0 Å². The SMILES string of the molecule is CC(C)=O.CC(C)=O.CC(C)=O.CC(C)=O.[Ti]. The number of rotatable bonds is 0. The van der Waals surface area contributed by atoms with E-state index in [0.29, 0.717) is 0 Å². The molecular formula is C12H24O4Ti. The van der Waals surface area contributed by atoms with E-state index in [-0.39, 0.29) is 44.9 Å². The van der Waals surface area contributed by atoms with Crippen LogP contribution in [-0.2, 0) is 40.9 Å². The first-order chi connectivity index (χ1) is 6.93. The fourth-order valence-electron chi connectivity index (χ4n) is 0. The summed E-state index contributed by atoms with van der Waals surface area (Å²) in [5.74, 6) is 0.667. The van der Waals surface area contributed by atoms with Crippen LogP contribution >= 0.6 is 0 Å². The molecule has 100 valence electrons. The van der Waals surface area contributed by atoms with Crippen molar-refractivity contribution in [1.29, 1.82) is 0 Å². The zero-order chi connectivity index (χ0) is 14.3. The predicted molar refractivity (Wildman–Crippen MR) is 65.4 cm³/mol. The van der Waals surface area contributed by atoms with Crippen LogP contribution in [0.2, 0.25) is 0 Å². The molecule has 0 atom stereocenters. The number of hydrogen-bond acceptors (Lipinski definition) is 4. The summed E-state index contributed by atoms with van der Waals surface area (Å²) in [6, 6.07) is 0. The third-order valence-corrected chi connectivity index (χ3v) is 0. The molecule has 0 spiro atoms. The number of hydrogen-bond donors (Lipinski definition) is 0. The van der Waals surface area contributed by atoms with Gasteiger partial charge >= 0.3 is 0 Å². The standard InChI is InChI=1S/4C3H6O.Ti/c4*1-3(2)4;/h4*1-2H3;. The maximum absolute atomic E-state index is 9.44. The second kappa shape index (κ2) is 24.6. The van der Waals surface area contributed by atoms with Gasteiger partial charge in [0.25, 0.3) is 0 Å². The Morgan fingerprint density at radius 1 is 0.412 bits per heavy atom. The first-order valence-electron chi connectivity index (χ1n) is 4.82. The summed E-state index contributed by atoms with van der Waals surface area (Å²) in [5.41, 5.74) is 0. The topological polar surface area (TPSA) is 68.3 Å². The summed E-state index contributed by atoms with van der Waals surface area (Å²) >= 11 is 0.